The molecule has 1 aromatic carbocycles. The Hall–Kier alpha value is -2.18. The van der Waals surface area contributed by atoms with Crippen LogP contribution in [-0.2, 0) is 4.79 Å². The number of aliphatic carboxylic acids is 1. The average Bonchev–Trinajstić information content (AvgIpc) is 2.31. The van der Waals surface area contributed by atoms with Gasteiger partial charge in [-0.2, -0.15) is 0 Å². The molecule has 0 aliphatic rings. The lowest BCUT2D eigenvalue weighted by molar-refractivity contribution is -0.137. The zero-order chi connectivity index (χ0) is 15.3. The van der Waals surface area contributed by atoms with E-state index in [0.29, 0.717) is 6.07 Å². The molecule has 0 saturated heterocycles. The lowest BCUT2D eigenvalue weighted by atomic mass is 10.0. The van der Waals surface area contributed by atoms with Crippen molar-refractivity contribution in [3.63, 3.8) is 0 Å². The maximum absolute atomic E-state index is 13.3. The van der Waals surface area contributed by atoms with Crippen molar-refractivity contribution in [3.8, 4) is 0 Å². The van der Waals surface area contributed by atoms with Crippen molar-refractivity contribution in [2.24, 2.45) is 5.92 Å². The van der Waals surface area contributed by atoms with Crippen LogP contribution in [-0.4, -0.2) is 23.1 Å². The van der Waals surface area contributed by atoms with Crippen LogP contribution in [0.3, 0.4) is 0 Å². The molecule has 3 N–H and O–H groups in total. The van der Waals surface area contributed by atoms with Gasteiger partial charge in [-0.05, 0) is 18.1 Å². The second-order valence-corrected chi connectivity index (χ2v) is 4.67. The fraction of sp³-hybridized carbons (Fsp3) is 0.385. The highest BCUT2D eigenvalue weighted by molar-refractivity contribution is 5.89. The number of amides is 2. The molecule has 0 aliphatic carbocycles. The number of hydrogen-bond donors (Lipinski definition) is 3. The van der Waals surface area contributed by atoms with Gasteiger partial charge >= 0.3 is 12.0 Å². The number of urea groups is 1. The zero-order valence-corrected chi connectivity index (χ0v) is 11.1. The van der Waals surface area contributed by atoms with Gasteiger partial charge in [0.05, 0.1) is 12.1 Å². The molecule has 5 nitrogen and oxygen atoms in total. The normalized spacial score (nSPS) is 12.1. The van der Waals surface area contributed by atoms with E-state index in [0.717, 1.165) is 12.1 Å². The Bertz CT molecular complexity index is 506. The van der Waals surface area contributed by atoms with Crippen LogP contribution in [0.4, 0.5) is 19.3 Å². The van der Waals surface area contributed by atoms with Crippen molar-refractivity contribution in [2.75, 3.05) is 5.32 Å². The van der Waals surface area contributed by atoms with E-state index in [-0.39, 0.29) is 18.0 Å². The van der Waals surface area contributed by atoms with Gasteiger partial charge in [0.25, 0.3) is 0 Å². The van der Waals surface area contributed by atoms with Crippen molar-refractivity contribution in [1.82, 2.24) is 5.32 Å². The van der Waals surface area contributed by atoms with Gasteiger partial charge in [-0.15, -0.1) is 0 Å². The molecule has 1 unspecified atom stereocenters. The van der Waals surface area contributed by atoms with Crippen LogP contribution in [0.15, 0.2) is 18.2 Å². The highest BCUT2D eigenvalue weighted by Gasteiger charge is 2.19. The molecule has 1 atom stereocenters. The lowest BCUT2D eigenvalue weighted by Crippen LogP contribution is -2.42. The molecular weight excluding hydrogens is 270 g/mol. The summed E-state index contributed by atoms with van der Waals surface area (Å²) >= 11 is 0. The molecule has 20 heavy (non-hydrogen) atoms. The minimum absolute atomic E-state index is 0.102. The Morgan fingerprint density at radius 2 is 1.95 bits per heavy atom. The van der Waals surface area contributed by atoms with Crippen molar-refractivity contribution in [2.45, 2.75) is 26.3 Å². The Balaban J connectivity index is 2.68. The van der Waals surface area contributed by atoms with Gasteiger partial charge in [-0.3, -0.25) is 4.79 Å². The zero-order valence-electron chi connectivity index (χ0n) is 11.1. The molecule has 2 amide bonds. The van der Waals surface area contributed by atoms with Crippen LogP contribution in [0.1, 0.15) is 20.3 Å². The van der Waals surface area contributed by atoms with Gasteiger partial charge in [-0.1, -0.05) is 13.8 Å². The van der Waals surface area contributed by atoms with Gasteiger partial charge in [-0.25, -0.2) is 13.6 Å². The number of anilines is 1. The second-order valence-electron chi connectivity index (χ2n) is 4.67. The molecule has 1 rings (SSSR count). The third-order valence-electron chi connectivity index (χ3n) is 2.70. The van der Waals surface area contributed by atoms with E-state index in [1.165, 1.54) is 0 Å². The monoisotopic (exact) mass is 286 g/mol. The van der Waals surface area contributed by atoms with Gasteiger partial charge in [0.1, 0.15) is 11.6 Å². The van der Waals surface area contributed by atoms with Crippen LogP contribution < -0.4 is 10.6 Å². The minimum atomic E-state index is -1.04. The number of carbonyl (C=O) groups is 2. The third-order valence-corrected chi connectivity index (χ3v) is 2.70. The highest BCUT2D eigenvalue weighted by Crippen LogP contribution is 2.15. The molecule has 7 heteroatoms. The van der Waals surface area contributed by atoms with E-state index in [9.17, 15) is 18.4 Å². The Morgan fingerprint density at radius 1 is 1.30 bits per heavy atom. The summed E-state index contributed by atoms with van der Waals surface area (Å²) in [6.45, 7) is 3.51. The van der Waals surface area contributed by atoms with Gasteiger partial charge in [0.2, 0.25) is 0 Å². The molecule has 0 radical (unpaired) electrons. The summed E-state index contributed by atoms with van der Waals surface area (Å²) < 4.78 is 26.1. The van der Waals surface area contributed by atoms with Crippen LogP contribution in [0.5, 0.6) is 0 Å². The number of carboxylic acid groups (broad SMARTS) is 1. The first-order valence-electron chi connectivity index (χ1n) is 6.04. The molecule has 0 heterocycles. The number of benzene rings is 1. The Labute approximate surface area is 115 Å². The molecule has 0 aromatic heterocycles. The van der Waals surface area contributed by atoms with E-state index in [4.69, 9.17) is 5.11 Å². The molecule has 0 saturated carbocycles. The number of rotatable bonds is 5. The van der Waals surface area contributed by atoms with E-state index in [1.54, 1.807) is 13.8 Å². The summed E-state index contributed by atoms with van der Waals surface area (Å²) in [6.07, 6.45) is -0.239. The first kappa shape index (κ1) is 15.9. The van der Waals surface area contributed by atoms with Gasteiger partial charge in [0.15, 0.2) is 0 Å². The number of carboxylic acids is 1. The van der Waals surface area contributed by atoms with Crippen molar-refractivity contribution < 1.29 is 23.5 Å². The number of nitrogens with one attached hydrogen (secondary N) is 2. The maximum Gasteiger partial charge on any atom is 0.319 e. The lowest BCUT2D eigenvalue weighted by Gasteiger charge is -2.20. The first-order valence-corrected chi connectivity index (χ1v) is 6.04. The predicted octanol–water partition coefficient (Wildman–Crippen LogP) is 2.59. The SMILES string of the molecule is CC(C)C(CC(=O)O)NC(=O)Nc1ccc(F)cc1F. The smallest absolute Gasteiger partial charge is 0.319 e. The number of halogens is 2. The van der Waals surface area contributed by atoms with Crippen molar-refractivity contribution in [3.05, 3.63) is 29.8 Å². The van der Waals surface area contributed by atoms with Crippen molar-refractivity contribution >= 4 is 17.7 Å². The summed E-state index contributed by atoms with van der Waals surface area (Å²) in [7, 11) is 0. The topological polar surface area (TPSA) is 78.4 Å². The molecule has 0 spiro atoms. The van der Waals surface area contributed by atoms with Crippen LogP contribution >= 0.6 is 0 Å². The first-order chi connectivity index (χ1) is 9.29. The minimum Gasteiger partial charge on any atom is -0.481 e. The standard InChI is InChI=1S/C13H16F2N2O3/c1-7(2)11(6-12(18)19)17-13(20)16-10-4-3-8(14)5-9(10)15/h3-5,7,11H,6H2,1-2H3,(H,18,19)(H2,16,17,20). The van der Waals surface area contributed by atoms with Crippen molar-refractivity contribution in [1.29, 1.82) is 0 Å². The molecule has 110 valence electrons. The summed E-state index contributed by atoms with van der Waals surface area (Å²) in [5, 5.41) is 13.4. The molecule has 0 bridgehead atoms. The molecule has 1 aromatic rings. The van der Waals surface area contributed by atoms with Crippen LogP contribution in [0.25, 0.3) is 0 Å². The largest absolute Gasteiger partial charge is 0.481 e. The van der Waals surface area contributed by atoms with Gasteiger partial charge < -0.3 is 15.7 Å². The van der Waals surface area contributed by atoms with Crippen LogP contribution in [0, 0.1) is 17.6 Å². The number of carbonyl (C=O) groups excluding carboxylic acids is 1. The van der Waals surface area contributed by atoms with Crippen LogP contribution in [0.2, 0.25) is 0 Å². The summed E-state index contributed by atoms with van der Waals surface area (Å²) in [4.78, 5) is 22.3. The third kappa shape index (κ3) is 4.83. The predicted molar refractivity (Wildman–Crippen MR) is 69.4 cm³/mol. The van der Waals surface area contributed by atoms with E-state index < -0.39 is 29.7 Å². The maximum atomic E-state index is 13.3. The number of hydrogen-bond acceptors (Lipinski definition) is 2. The Kier molecular flexibility index (Phi) is 5.42. The van der Waals surface area contributed by atoms with E-state index in [1.807, 2.05) is 0 Å². The second kappa shape index (κ2) is 6.83. The highest BCUT2D eigenvalue weighted by atomic mass is 19.1. The fourth-order valence-corrected chi connectivity index (χ4v) is 1.56. The average molecular weight is 286 g/mol. The fourth-order valence-electron chi connectivity index (χ4n) is 1.56. The summed E-state index contributed by atoms with van der Waals surface area (Å²) in [5.41, 5.74) is -0.179. The summed E-state index contributed by atoms with van der Waals surface area (Å²) in [6, 6.07) is 1.42. The Morgan fingerprint density at radius 3 is 2.45 bits per heavy atom. The van der Waals surface area contributed by atoms with Gasteiger partial charge in [0, 0.05) is 12.1 Å². The molecule has 0 aliphatic heterocycles. The molecule has 0 fully saturated rings. The summed E-state index contributed by atoms with van der Waals surface area (Å²) in [5.74, 6) is -2.80. The van der Waals surface area contributed by atoms with E-state index in [2.05, 4.69) is 10.6 Å². The van der Waals surface area contributed by atoms with E-state index >= 15 is 0 Å². The quantitative estimate of drug-likeness (QED) is 0.778. The molecular formula is C13H16F2N2O3.